The Bertz CT molecular complexity index is 1230. The molecular weight excluding hydrogens is 899 g/mol. The number of carbonyl (C=O) groups excluding carboxylic acids is 1. The molecule has 9 nitrogen and oxygen atoms in total. The zero-order chi connectivity index (χ0) is 52.2. The monoisotopic (exact) mass is 1020 g/mol. The van der Waals surface area contributed by atoms with Gasteiger partial charge in [-0.3, -0.25) is 4.79 Å². The minimum absolute atomic E-state index is 0.134. The first kappa shape index (κ1) is 68.4. The number of aliphatic hydroxyl groups excluding tert-OH is 5. The molecule has 0 saturated carbocycles. The molecule has 1 aliphatic heterocycles. The number of amides is 1. The van der Waals surface area contributed by atoms with E-state index in [9.17, 15) is 30.3 Å². The number of allylic oxidation sites excluding steroid dienone is 6. The van der Waals surface area contributed by atoms with Gasteiger partial charge in [0.1, 0.15) is 24.4 Å². The number of rotatable bonds is 54. The van der Waals surface area contributed by atoms with E-state index >= 15 is 0 Å². The SMILES string of the molecule is CCCCCCC/C=C\C/C=C\C/C=C\CCCCCCCCCCCCCCCCCCCCCCCCC(=O)NC(COC1OC(CO)C(O)C(O)C1O)C(O)CCCCCCCCCCCCCC. The molecule has 1 amide bonds. The lowest BCUT2D eigenvalue weighted by molar-refractivity contribution is -0.302. The van der Waals surface area contributed by atoms with Crippen molar-refractivity contribution in [3.05, 3.63) is 36.5 Å². The summed E-state index contributed by atoms with van der Waals surface area (Å²) in [6.07, 6.45) is 62.1. The minimum Gasteiger partial charge on any atom is -0.394 e. The van der Waals surface area contributed by atoms with Gasteiger partial charge in [-0.1, -0.05) is 281 Å². The Hall–Kier alpha value is -1.59. The fourth-order valence-electron chi connectivity index (χ4n) is 10.1. The lowest BCUT2D eigenvalue weighted by Crippen LogP contribution is -2.60. The fraction of sp³-hybridized carbons (Fsp3) is 0.889. The molecule has 0 bridgehead atoms. The molecule has 1 saturated heterocycles. The van der Waals surface area contributed by atoms with Crippen LogP contribution >= 0.6 is 0 Å². The third-order valence-electron chi connectivity index (χ3n) is 15.0. The van der Waals surface area contributed by atoms with Crippen LogP contribution in [0.5, 0.6) is 0 Å². The molecule has 72 heavy (non-hydrogen) atoms. The Morgan fingerprint density at radius 3 is 1.21 bits per heavy atom. The molecule has 7 unspecified atom stereocenters. The smallest absolute Gasteiger partial charge is 0.220 e. The number of carbonyl (C=O) groups is 1. The number of aliphatic hydroxyl groups is 5. The molecule has 1 rings (SSSR count). The third-order valence-corrected chi connectivity index (χ3v) is 15.0. The van der Waals surface area contributed by atoms with Gasteiger partial charge in [-0.15, -0.1) is 0 Å². The van der Waals surface area contributed by atoms with E-state index in [2.05, 4.69) is 55.6 Å². The predicted molar refractivity (Wildman–Crippen MR) is 304 cm³/mol. The molecule has 6 N–H and O–H groups in total. The van der Waals surface area contributed by atoms with Crippen molar-refractivity contribution in [2.45, 2.75) is 346 Å². The Kier molecular flexibility index (Phi) is 50.2. The van der Waals surface area contributed by atoms with Gasteiger partial charge in [-0.05, 0) is 51.4 Å². The molecule has 0 radical (unpaired) electrons. The van der Waals surface area contributed by atoms with Crippen LogP contribution in [-0.4, -0.2) is 87.5 Å². The van der Waals surface area contributed by atoms with Gasteiger partial charge in [0.05, 0.1) is 25.4 Å². The normalized spacial score (nSPS) is 19.3. The van der Waals surface area contributed by atoms with Crippen LogP contribution in [0.4, 0.5) is 0 Å². The molecule has 9 heteroatoms. The van der Waals surface area contributed by atoms with Gasteiger partial charge in [0.25, 0.3) is 0 Å². The van der Waals surface area contributed by atoms with Crippen LogP contribution in [0.15, 0.2) is 36.5 Å². The van der Waals surface area contributed by atoms with Crippen molar-refractivity contribution in [3.8, 4) is 0 Å². The van der Waals surface area contributed by atoms with Crippen molar-refractivity contribution in [2.24, 2.45) is 0 Å². The second kappa shape index (κ2) is 52.8. The van der Waals surface area contributed by atoms with Crippen molar-refractivity contribution in [3.63, 3.8) is 0 Å². The van der Waals surface area contributed by atoms with Gasteiger partial charge < -0.3 is 40.3 Å². The first-order chi connectivity index (χ1) is 35.3. The summed E-state index contributed by atoms with van der Waals surface area (Å²) in [6.45, 7) is 3.84. The Balaban J connectivity index is 2.03. The average Bonchev–Trinajstić information content (AvgIpc) is 3.38. The standard InChI is InChI=1S/C63H119NO8/c1-3-5-7-9-11-13-15-17-18-19-20-21-22-23-24-25-26-27-28-29-30-31-32-33-34-35-36-37-38-39-40-41-43-45-47-49-51-53-59(67)64-56(55-71-63-62(70)61(69)60(68)58(54-65)72-63)57(66)52-50-48-46-44-42-16-14-12-10-8-6-4-2/h15,17,19-20,22-23,56-58,60-63,65-66,68-70H,3-14,16,18,21,24-55H2,1-2H3,(H,64,67)/b17-15-,20-19-,23-22-. The summed E-state index contributed by atoms with van der Waals surface area (Å²) in [7, 11) is 0. The number of hydrogen-bond donors (Lipinski definition) is 6. The fourth-order valence-corrected chi connectivity index (χ4v) is 10.1. The Morgan fingerprint density at radius 2 is 0.819 bits per heavy atom. The highest BCUT2D eigenvalue weighted by Crippen LogP contribution is 2.23. The van der Waals surface area contributed by atoms with Gasteiger partial charge >= 0.3 is 0 Å². The van der Waals surface area contributed by atoms with Gasteiger partial charge in [0, 0.05) is 6.42 Å². The van der Waals surface area contributed by atoms with E-state index in [1.165, 1.54) is 225 Å². The summed E-state index contributed by atoms with van der Waals surface area (Å²) in [5.74, 6) is -0.140. The first-order valence-electron chi connectivity index (χ1n) is 31.2. The van der Waals surface area contributed by atoms with E-state index in [4.69, 9.17) is 9.47 Å². The second-order valence-corrected chi connectivity index (χ2v) is 21.9. The van der Waals surface area contributed by atoms with Crippen LogP contribution < -0.4 is 5.32 Å². The lowest BCUT2D eigenvalue weighted by Gasteiger charge is -2.40. The second-order valence-electron chi connectivity index (χ2n) is 21.9. The van der Waals surface area contributed by atoms with Gasteiger partial charge in [0.15, 0.2) is 6.29 Å². The lowest BCUT2D eigenvalue weighted by atomic mass is 9.99. The highest BCUT2D eigenvalue weighted by atomic mass is 16.7. The summed E-state index contributed by atoms with van der Waals surface area (Å²) in [5, 5.41) is 54.6. The molecule has 0 spiro atoms. The summed E-state index contributed by atoms with van der Waals surface area (Å²) in [4.78, 5) is 13.1. The summed E-state index contributed by atoms with van der Waals surface area (Å²) < 4.78 is 11.3. The van der Waals surface area contributed by atoms with E-state index in [0.29, 0.717) is 12.8 Å². The highest BCUT2D eigenvalue weighted by molar-refractivity contribution is 5.76. The number of hydrogen-bond acceptors (Lipinski definition) is 8. The Morgan fingerprint density at radius 1 is 0.472 bits per heavy atom. The third kappa shape index (κ3) is 41.6. The van der Waals surface area contributed by atoms with Crippen LogP contribution in [-0.2, 0) is 14.3 Å². The van der Waals surface area contributed by atoms with E-state index in [0.717, 1.165) is 51.4 Å². The zero-order valence-corrected chi connectivity index (χ0v) is 47.2. The number of ether oxygens (including phenoxy) is 2. The van der Waals surface area contributed by atoms with Crippen molar-refractivity contribution in [1.29, 1.82) is 0 Å². The number of unbranched alkanes of at least 4 members (excludes halogenated alkanes) is 38. The summed E-state index contributed by atoms with van der Waals surface area (Å²) in [5.41, 5.74) is 0. The highest BCUT2D eigenvalue weighted by Gasteiger charge is 2.44. The van der Waals surface area contributed by atoms with Crippen LogP contribution in [0.2, 0.25) is 0 Å². The molecule has 0 aromatic carbocycles. The molecule has 1 fully saturated rings. The van der Waals surface area contributed by atoms with Gasteiger partial charge in [0.2, 0.25) is 5.91 Å². The van der Waals surface area contributed by atoms with E-state index in [-0.39, 0.29) is 12.5 Å². The summed E-state index contributed by atoms with van der Waals surface area (Å²) >= 11 is 0. The molecular formula is C63H119NO8. The maximum absolute atomic E-state index is 13.1. The summed E-state index contributed by atoms with van der Waals surface area (Å²) in [6, 6.07) is -0.716. The molecule has 1 aliphatic rings. The van der Waals surface area contributed by atoms with Gasteiger partial charge in [-0.25, -0.2) is 0 Å². The van der Waals surface area contributed by atoms with Crippen LogP contribution in [0.25, 0.3) is 0 Å². The first-order valence-corrected chi connectivity index (χ1v) is 31.2. The molecule has 424 valence electrons. The largest absolute Gasteiger partial charge is 0.394 e. The zero-order valence-electron chi connectivity index (χ0n) is 47.2. The van der Waals surface area contributed by atoms with Crippen LogP contribution in [0, 0.1) is 0 Å². The Labute approximate surface area is 444 Å². The molecule has 0 aliphatic carbocycles. The van der Waals surface area contributed by atoms with E-state index < -0.39 is 49.5 Å². The van der Waals surface area contributed by atoms with Gasteiger partial charge in [-0.2, -0.15) is 0 Å². The van der Waals surface area contributed by atoms with Crippen molar-refractivity contribution < 1.29 is 39.8 Å². The minimum atomic E-state index is -1.55. The number of nitrogens with one attached hydrogen (secondary N) is 1. The average molecular weight is 1020 g/mol. The molecule has 7 atom stereocenters. The van der Waals surface area contributed by atoms with Crippen LogP contribution in [0.3, 0.4) is 0 Å². The van der Waals surface area contributed by atoms with Crippen molar-refractivity contribution in [2.75, 3.05) is 13.2 Å². The van der Waals surface area contributed by atoms with Crippen molar-refractivity contribution >= 4 is 5.91 Å². The maximum atomic E-state index is 13.1. The van der Waals surface area contributed by atoms with E-state index in [1.54, 1.807) is 0 Å². The predicted octanol–water partition coefficient (Wildman–Crippen LogP) is 15.9. The van der Waals surface area contributed by atoms with Crippen molar-refractivity contribution in [1.82, 2.24) is 5.32 Å². The topological polar surface area (TPSA) is 149 Å². The molecule has 1 heterocycles. The molecule has 0 aromatic rings. The van der Waals surface area contributed by atoms with Crippen LogP contribution in [0.1, 0.15) is 303 Å². The van der Waals surface area contributed by atoms with E-state index in [1.807, 2.05) is 0 Å². The molecule has 0 aromatic heterocycles. The quantitative estimate of drug-likeness (QED) is 0.0261. The maximum Gasteiger partial charge on any atom is 0.220 e.